The Morgan fingerprint density at radius 2 is 1.84 bits per heavy atom. The molecule has 0 aliphatic rings. The molecule has 0 saturated heterocycles. The number of nitrogens with two attached hydrogens (primary N) is 2. The minimum Gasteiger partial charge on any atom is -0.397 e. The van der Waals surface area contributed by atoms with Gasteiger partial charge in [0.1, 0.15) is 5.82 Å². The molecule has 1 aromatic heterocycles. The van der Waals surface area contributed by atoms with Crippen LogP contribution in [0.25, 0.3) is 0 Å². The van der Waals surface area contributed by atoms with Gasteiger partial charge in [0.2, 0.25) is 10.0 Å². The van der Waals surface area contributed by atoms with Gasteiger partial charge < -0.3 is 11.1 Å². The van der Waals surface area contributed by atoms with E-state index in [4.69, 9.17) is 10.9 Å². The first-order chi connectivity index (χ1) is 8.86. The average molecular weight is 278 g/mol. The van der Waals surface area contributed by atoms with Crippen LogP contribution in [0.3, 0.4) is 0 Å². The first-order valence-corrected chi connectivity index (χ1v) is 7.03. The van der Waals surface area contributed by atoms with E-state index in [1.807, 2.05) is 13.0 Å². The van der Waals surface area contributed by atoms with Gasteiger partial charge in [-0.05, 0) is 42.8 Å². The van der Waals surface area contributed by atoms with Crippen LogP contribution >= 0.6 is 0 Å². The number of sulfonamides is 1. The van der Waals surface area contributed by atoms with E-state index in [1.54, 1.807) is 18.3 Å². The van der Waals surface area contributed by atoms with Gasteiger partial charge in [-0.15, -0.1) is 0 Å². The standard InChI is InChI=1S/C12H14N4O2S/c1-8-6-12(15-7-11(8)13)16-9-2-4-10(5-3-9)19(14,17)18/h2-7H,13H2,1H3,(H,15,16)(H2,14,17,18). The van der Waals surface area contributed by atoms with E-state index in [2.05, 4.69) is 10.3 Å². The maximum atomic E-state index is 11.1. The van der Waals surface area contributed by atoms with Gasteiger partial charge in [0.25, 0.3) is 0 Å². The Balaban J connectivity index is 2.22. The van der Waals surface area contributed by atoms with Crippen LogP contribution in [0.5, 0.6) is 0 Å². The third kappa shape index (κ3) is 3.21. The van der Waals surface area contributed by atoms with Gasteiger partial charge in [-0.25, -0.2) is 18.5 Å². The summed E-state index contributed by atoms with van der Waals surface area (Å²) in [7, 11) is -3.66. The largest absolute Gasteiger partial charge is 0.397 e. The van der Waals surface area contributed by atoms with Crippen molar-refractivity contribution in [3.05, 3.63) is 42.1 Å². The van der Waals surface area contributed by atoms with E-state index in [0.717, 1.165) is 5.56 Å². The Bertz CT molecular complexity index is 696. The van der Waals surface area contributed by atoms with Crippen molar-refractivity contribution in [1.82, 2.24) is 4.98 Å². The molecule has 7 heteroatoms. The van der Waals surface area contributed by atoms with Gasteiger partial charge >= 0.3 is 0 Å². The number of rotatable bonds is 3. The van der Waals surface area contributed by atoms with Crippen molar-refractivity contribution in [1.29, 1.82) is 0 Å². The number of nitrogens with zero attached hydrogens (tertiary/aromatic N) is 1. The van der Waals surface area contributed by atoms with Gasteiger partial charge in [-0.3, -0.25) is 0 Å². The van der Waals surface area contributed by atoms with Crippen molar-refractivity contribution < 1.29 is 8.42 Å². The second-order valence-electron chi connectivity index (χ2n) is 4.12. The molecule has 2 aromatic rings. The lowest BCUT2D eigenvalue weighted by atomic mass is 10.2. The quantitative estimate of drug-likeness (QED) is 0.785. The summed E-state index contributed by atoms with van der Waals surface area (Å²) in [4.78, 5) is 4.20. The molecule has 19 heavy (non-hydrogen) atoms. The topological polar surface area (TPSA) is 111 Å². The number of aryl methyl sites for hydroxylation is 1. The molecule has 0 bridgehead atoms. The van der Waals surface area contributed by atoms with Crippen LogP contribution in [0.1, 0.15) is 5.56 Å². The highest BCUT2D eigenvalue weighted by Crippen LogP contribution is 2.19. The Kier molecular flexibility index (Phi) is 3.41. The highest BCUT2D eigenvalue weighted by atomic mass is 32.2. The average Bonchev–Trinajstić information content (AvgIpc) is 2.33. The summed E-state index contributed by atoms with van der Waals surface area (Å²) < 4.78 is 22.2. The molecule has 2 rings (SSSR count). The van der Waals surface area contributed by atoms with E-state index in [9.17, 15) is 8.42 Å². The zero-order chi connectivity index (χ0) is 14.0. The van der Waals surface area contributed by atoms with E-state index < -0.39 is 10.0 Å². The molecular formula is C12H14N4O2S. The monoisotopic (exact) mass is 278 g/mol. The van der Waals surface area contributed by atoms with Crippen LogP contribution in [0.15, 0.2) is 41.4 Å². The number of nitrogen functional groups attached to an aromatic ring is 1. The number of primary sulfonamides is 1. The van der Waals surface area contributed by atoms with Crippen LogP contribution in [0.4, 0.5) is 17.2 Å². The molecule has 0 fully saturated rings. The molecule has 0 aliphatic carbocycles. The summed E-state index contributed by atoms with van der Waals surface area (Å²) in [6.07, 6.45) is 1.57. The van der Waals surface area contributed by atoms with Gasteiger partial charge in [-0.1, -0.05) is 0 Å². The number of aromatic nitrogens is 1. The SMILES string of the molecule is Cc1cc(Nc2ccc(S(N)(=O)=O)cc2)ncc1N. The molecule has 100 valence electrons. The summed E-state index contributed by atoms with van der Waals surface area (Å²) in [5.41, 5.74) is 7.93. The number of hydrogen-bond acceptors (Lipinski definition) is 5. The number of nitrogens with one attached hydrogen (secondary N) is 1. The number of pyridine rings is 1. The number of benzene rings is 1. The van der Waals surface area contributed by atoms with Crippen molar-refractivity contribution in [2.45, 2.75) is 11.8 Å². The smallest absolute Gasteiger partial charge is 0.238 e. The molecule has 0 amide bonds. The highest BCUT2D eigenvalue weighted by Gasteiger charge is 2.07. The Morgan fingerprint density at radius 1 is 1.21 bits per heavy atom. The summed E-state index contributed by atoms with van der Waals surface area (Å²) in [5, 5.41) is 8.07. The summed E-state index contributed by atoms with van der Waals surface area (Å²) in [5.74, 6) is 0.634. The van der Waals surface area contributed by atoms with Gasteiger partial charge in [0.05, 0.1) is 16.8 Å². The zero-order valence-corrected chi connectivity index (χ0v) is 11.1. The number of anilines is 3. The zero-order valence-electron chi connectivity index (χ0n) is 10.3. The maximum absolute atomic E-state index is 11.1. The third-order valence-electron chi connectivity index (χ3n) is 2.61. The summed E-state index contributed by atoms with van der Waals surface area (Å²) >= 11 is 0. The summed E-state index contributed by atoms with van der Waals surface area (Å²) in [6.45, 7) is 1.88. The number of hydrogen-bond donors (Lipinski definition) is 3. The molecule has 1 heterocycles. The molecule has 0 saturated carbocycles. The van der Waals surface area contributed by atoms with Crippen LogP contribution in [0.2, 0.25) is 0 Å². The summed E-state index contributed by atoms with van der Waals surface area (Å²) in [6, 6.07) is 7.91. The van der Waals surface area contributed by atoms with Crippen LogP contribution in [-0.4, -0.2) is 13.4 Å². The molecule has 1 aromatic carbocycles. The maximum Gasteiger partial charge on any atom is 0.238 e. The Morgan fingerprint density at radius 3 is 2.37 bits per heavy atom. The van der Waals surface area contributed by atoms with Gasteiger partial charge in [0, 0.05) is 5.69 Å². The van der Waals surface area contributed by atoms with Crippen molar-refractivity contribution in [3.63, 3.8) is 0 Å². The molecule has 0 spiro atoms. The Hall–Kier alpha value is -2.12. The lowest BCUT2D eigenvalue weighted by Gasteiger charge is -2.08. The molecule has 0 aliphatic heterocycles. The van der Waals surface area contributed by atoms with Gasteiger partial charge in [-0.2, -0.15) is 0 Å². The van der Waals surface area contributed by atoms with Crippen molar-refractivity contribution in [2.75, 3.05) is 11.1 Å². The fourth-order valence-electron chi connectivity index (χ4n) is 1.51. The molecule has 5 N–H and O–H groups in total. The van der Waals surface area contributed by atoms with E-state index in [0.29, 0.717) is 17.2 Å². The molecule has 0 radical (unpaired) electrons. The molecule has 6 nitrogen and oxygen atoms in total. The first kappa shape index (κ1) is 13.3. The fraction of sp³-hybridized carbons (Fsp3) is 0.0833. The van der Waals surface area contributed by atoms with Crippen molar-refractivity contribution >= 4 is 27.2 Å². The first-order valence-electron chi connectivity index (χ1n) is 5.48. The highest BCUT2D eigenvalue weighted by molar-refractivity contribution is 7.89. The lowest BCUT2D eigenvalue weighted by Crippen LogP contribution is -2.11. The normalized spacial score (nSPS) is 11.3. The van der Waals surface area contributed by atoms with E-state index in [1.165, 1.54) is 12.1 Å². The molecule has 0 unspecified atom stereocenters. The lowest BCUT2D eigenvalue weighted by molar-refractivity contribution is 0.598. The predicted molar refractivity (Wildman–Crippen MR) is 74.5 cm³/mol. The second-order valence-corrected chi connectivity index (χ2v) is 5.68. The van der Waals surface area contributed by atoms with Gasteiger partial charge in [0.15, 0.2) is 0 Å². The minimum absolute atomic E-state index is 0.0690. The Labute approximate surface area is 111 Å². The minimum atomic E-state index is -3.66. The van der Waals surface area contributed by atoms with E-state index in [-0.39, 0.29) is 4.90 Å². The van der Waals surface area contributed by atoms with Crippen molar-refractivity contribution in [3.8, 4) is 0 Å². The molecule has 0 atom stereocenters. The third-order valence-corrected chi connectivity index (χ3v) is 3.54. The van der Waals surface area contributed by atoms with Crippen LogP contribution in [0, 0.1) is 6.92 Å². The van der Waals surface area contributed by atoms with Crippen LogP contribution in [-0.2, 0) is 10.0 Å². The fourth-order valence-corrected chi connectivity index (χ4v) is 2.03. The van der Waals surface area contributed by atoms with Crippen molar-refractivity contribution in [2.24, 2.45) is 5.14 Å². The predicted octanol–water partition coefficient (Wildman–Crippen LogP) is 1.36. The van der Waals surface area contributed by atoms with E-state index >= 15 is 0 Å². The molecular weight excluding hydrogens is 264 g/mol. The second kappa shape index (κ2) is 4.87. The van der Waals surface area contributed by atoms with Crippen LogP contribution < -0.4 is 16.2 Å².